The number of nitrogens with one attached hydrogen (secondary N) is 1. The standard InChI is InChI=1S/C8H17NOS/c1-7-5-3-4-6-8(7)11(2,9)10/h7-9H,3-6H2,1-2H3. The lowest BCUT2D eigenvalue weighted by Gasteiger charge is -2.28. The van der Waals surface area contributed by atoms with E-state index in [1.807, 2.05) is 0 Å². The topological polar surface area (TPSA) is 40.9 Å². The Hall–Kier alpha value is -0.0500. The Morgan fingerprint density at radius 1 is 1.36 bits per heavy atom. The minimum Gasteiger partial charge on any atom is -0.253 e. The molecule has 0 bridgehead atoms. The number of rotatable bonds is 1. The Balaban J connectivity index is 2.70. The van der Waals surface area contributed by atoms with Crippen molar-refractivity contribution in [1.29, 1.82) is 4.78 Å². The van der Waals surface area contributed by atoms with Crippen LogP contribution in [0.15, 0.2) is 0 Å². The minimum absolute atomic E-state index is 0.163. The lowest BCUT2D eigenvalue weighted by molar-refractivity contribution is 0.389. The van der Waals surface area contributed by atoms with Gasteiger partial charge < -0.3 is 0 Å². The monoisotopic (exact) mass is 175 g/mol. The van der Waals surface area contributed by atoms with Crippen LogP contribution in [0, 0.1) is 10.7 Å². The van der Waals surface area contributed by atoms with Crippen molar-refractivity contribution in [2.45, 2.75) is 37.9 Å². The Morgan fingerprint density at radius 3 is 2.27 bits per heavy atom. The van der Waals surface area contributed by atoms with Gasteiger partial charge in [0, 0.05) is 21.2 Å². The van der Waals surface area contributed by atoms with Gasteiger partial charge in [-0.1, -0.05) is 19.8 Å². The van der Waals surface area contributed by atoms with E-state index in [1.165, 1.54) is 12.8 Å². The fraction of sp³-hybridized carbons (Fsp3) is 1.00. The van der Waals surface area contributed by atoms with E-state index in [0.717, 1.165) is 12.8 Å². The predicted molar refractivity (Wildman–Crippen MR) is 48.2 cm³/mol. The molecule has 0 aromatic rings. The first-order chi connectivity index (χ1) is 5.02. The first-order valence-electron chi connectivity index (χ1n) is 4.24. The van der Waals surface area contributed by atoms with Crippen molar-refractivity contribution in [3.05, 3.63) is 0 Å². The van der Waals surface area contributed by atoms with Crippen molar-refractivity contribution in [1.82, 2.24) is 0 Å². The normalized spacial score (nSPS) is 38.0. The second kappa shape index (κ2) is 3.13. The molecule has 1 aliphatic rings. The Kier molecular flexibility index (Phi) is 2.58. The van der Waals surface area contributed by atoms with Crippen LogP contribution in [0.1, 0.15) is 32.6 Å². The second-order valence-electron chi connectivity index (χ2n) is 3.70. The van der Waals surface area contributed by atoms with E-state index in [-0.39, 0.29) is 5.25 Å². The molecule has 1 N–H and O–H groups in total. The zero-order valence-electron chi connectivity index (χ0n) is 7.30. The summed E-state index contributed by atoms with van der Waals surface area (Å²) >= 11 is 0. The summed E-state index contributed by atoms with van der Waals surface area (Å²) in [5, 5.41) is 0.163. The largest absolute Gasteiger partial charge is 0.253 e. The van der Waals surface area contributed by atoms with E-state index in [1.54, 1.807) is 6.26 Å². The van der Waals surface area contributed by atoms with Gasteiger partial charge in [0.15, 0.2) is 0 Å². The van der Waals surface area contributed by atoms with Gasteiger partial charge in [-0.3, -0.25) is 4.78 Å². The molecular formula is C8H17NOS. The SMILES string of the molecule is CC1CCCCC1S(C)(=N)=O. The summed E-state index contributed by atoms with van der Waals surface area (Å²) in [6.07, 6.45) is 6.17. The van der Waals surface area contributed by atoms with Crippen molar-refractivity contribution in [2.75, 3.05) is 6.26 Å². The fourth-order valence-electron chi connectivity index (χ4n) is 1.95. The van der Waals surface area contributed by atoms with E-state index in [4.69, 9.17) is 4.78 Å². The molecule has 0 amide bonds. The molecule has 1 fully saturated rings. The van der Waals surface area contributed by atoms with Gasteiger partial charge in [0.05, 0.1) is 0 Å². The summed E-state index contributed by atoms with van der Waals surface area (Å²) in [4.78, 5) is 0. The van der Waals surface area contributed by atoms with Crippen molar-refractivity contribution < 1.29 is 4.21 Å². The summed E-state index contributed by atoms with van der Waals surface area (Å²) in [6.45, 7) is 2.13. The molecule has 2 nitrogen and oxygen atoms in total. The van der Waals surface area contributed by atoms with Gasteiger partial charge in [-0.05, 0) is 18.8 Å². The lowest BCUT2D eigenvalue weighted by atomic mass is 9.90. The van der Waals surface area contributed by atoms with Crippen LogP contribution < -0.4 is 0 Å². The molecule has 1 rings (SSSR count). The first-order valence-corrected chi connectivity index (χ1v) is 6.27. The summed E-state index contributed by atoms with van der Waals surface area (Å²) in [7, 11) is -2.28. The number of hydrogen-bond acceptors (Lipinski definition) is 2. The molecule has 0 spiro atoms. The average Bonchev–Trinajstić information content (AvgIpc) is 1.86. The molecule has 1 saturated carbocycles. The van der Waals surface area contributed by atoms with Crippen molar-refractivity contribution in [3.63, 3.8) is 0 Å². The molecule has 3 atom stereocenters. The molecule has 1 aliphatic carbocycles. The van der Waals surface area contributed by atoms with E-state index >= 15 is 0 Å². The van der Waals surface area contributed by atoms with Crippen molar-refractivity contribution in [2.24, 2.45) is 5.92 Å². The average molecular weight is 175 g/mol. The van der Waals surface area contributed by atoms with Gasteiger partial charge >= 0.3 is 0 Å². The highest BCUT2D eigenvalue weighted by Crippen LogP contribution is 2.28. The summed E-state index contributed by atoms with van der Waals surface area (Å²) in [5.74, 6) is 0.499. The van der Waals surface area contributed by atoms with Crippen LogP contribution in [0.2, 0.25) is 0 Å². The highest BCUT2D eigenvalue weighted by molar-refractivity contribution is 7.92. The van der Waals surface area contributed by atoms with E-state index in [9.17, 15) is 4.21 Å². The lowest BCUT2D eigenvalue weighted by Crippen LogP contribution is -2.29. The summed E-state index contributed by atoms with van der Waals surface area (Å²) in [5.41, 5.74) is 0. The molecular weight excluding hydrogens is 158 g/mol. The molecule has 0 aromatic heterocycles. The van der Waals surface area contributed by atoms with Crippen LogP contribution in [0.25, 0.3) is 0 Å². The zero-order chi connectivity index (χ0) is 8.48. The van der Waals surface area contributed by atoms with Gasteiger partial charge in [-0.25, -0.2) is 4.21 Å². The van der Waals surface area contributed by atoms with Gasteiger partial charge in [-0.15, -0.1) is 0 Å². The van der Waals surface area contributed by atoms with Crippen LogP contribution in [-0.4, -0.2) is 15.7 Å². The van der Waals surface area contributed by atoms with Gasteiger partial charge in [0.2, 0.25) is 0 Å². The van der Waals surface area contributed by atoms with Crippen molar-refractivity contribution >= 4 is 9.73 Å². The van der Waals surface area contributed by atoms with Gasteiger partial charge in [0.1, 0.15) is 0 Å². The highest BCUT2D eigenvalue weighted by Gasteiger charge is 2.26. The maximum Gasteiger partial charge on any atom is 0.0451 e. The maximum atomic E-state index is 11.4. The predicted octanol–water partition coefficient (Wildman–Crippen LogP) is 2.24. The Morgan fingerprint density at radius 2 is 1.91 bits per heavy atom. The second-order valence-corrected chi connectivity index (χ2v) is 6.12. The minimum atomic E-state index is -2.28. The summed E-state index contributed by atoms with van der Waals surface area (Å²) in [6, 6.07) is 0. The van der Waals surface area contributed by atoms with Gasteiger partial charge in [-0.2, -0.15) is 0 Å². The molecule has 0 aliphatic heterocycles. The van der Waals surface area contributed by atoms with Crippen LogP contribution >= 0.6 is 0 Å². The fourth-order valence-corrected chi connectivity index (χ4v) is 3.59. The number of hydrogen-bond donors (Lipinski definition) is 1. The quantitative estimate of drug-likeness (QED) is 0.652. The Bertz CT molecular complexity index is 220. The van der Waals surface area contributed by atoms with Gasteiger partial charge in [0.25, 0.3) is 0 Å². The molecule has 0 aromatic carbocycles. The molecule has 66 valence electrons. The van der Waals surface area contributed by atoms with E-state index < -0.39 is 9.73 Å². The molecule has 0 saturated heterocycles. The van der Waals surface area contributed by atoms with E-state index in [0.29, 0.717) is 5.92 Å². The van der Waals surface area contributed by atoms with Crippen LogP contribution in [0.5, 0.6) is 0 Å². The molecule has 11 heavy (non-hydrogen) atoms. The summed E-state index contributed by atoms with van der Waals surface area (Å²) < 4.78 is 18.9. The van der Waals surface area contributed by atoms with E-state index in [2.05, 4.69) is 6.92 Å². The third kappa shape index (κ3) is 2.19. The van der Waals surface area contributed by atoms with Crippen LogP contribution in [-0.2, 0) is 9.73 Å². The zero-order valence-corrected chi connectivity index (χ0v) is 8.12. The highest BCUT2D eigenvalue weighted by atomic mass is 32.2. The third-order valence-electron chi connectivity index (χ3n) is 2.61. The van der Waals surface area contributed by atoms with Crippen LogP contribution in [0.4, 0.5) is 0 Å². The maximum absolute atomic E-state index is 11.4. The third-order valence-corrected chi connectivity index (χ3v) is 4.47. The molecule has 3 heteroatoms. The molecule has 0 radical (unpaired) electrons. The molecule has 0 heterocycles. The smallest absolute Gasteiger partial charge is 0.0451 e. The molecule has 3 unspecified atom stereocenters. The Labute approximate surface area is 69.4 Å². The van der Waals surface area contributed by atoms with Crippen LogP contribution in [0.3, 0.4) is 0 Å². The van der Waals surface area contributed by atoms with Crippen molar-refractivity contribution in [3.8, 4) is 0 Å². The first kappa shape index (κ1) is 9.04.